The Morgan fingerprint density at radius 1 is 1.07 bits per heavy atom. The molecule has 1 amide bonds. The van der Waals surface area contributed by atoms with Crippen LogP contribution in [-0.2, 0) is 32.1 Å². The Kier molecular flexibility index (Phi) is 7.33. The molecule has 5 rings (SSSR count). The summed E-state index contributed by atoms with van der Waals surface area (Å²) < 4.78 is 5.53. The maximum atomic E-state index is 14.0. The van der Waals surface area contributed by atoms with E-state index in [1.54, 1.807) is 27.3 Å². The minimum atomic E-state index is -2.75. The maximum absolute atomic E-state index is 14.0. The SMILES string of the molecule is COc1ccc(-c2ccc(O)c3c2CC2CC4C(N(C)C)C(=O)C(C(N)=O)C(=O)C4(O)C(=O)C2C3=O)cc1CN(C)C. The van der Waals surface area contributed by atoms with E-state index in [1.807, 2.05) is 37.2 Å². The van der Waals surface area contributed by atoms with Crippen molar-refractivity contribution < 1.29 is 38.9 Å². The molecule has 11 nitrogen and oxygen atoms in total. The number of phenols is 1. The molecule has 2 fully saturated rings. The quantitative estimate of drug-likeness (QED) is 0.414. The fraction of sp³-hybridized carbons (Fsp3) is 0.452. The molecule has 3 aliphatic rings. The van der Waals surface area contributed by atoms with E-state index in [0.717, 1.165) is 11.1 Å². The van der Waals surface area contributed by atoms with E-state index in [4.69, 9.17) is 10.5 Å². The lowest BCUT2D eigenvalue weighted by molar-refractivity contribution is -0.181. The lowest BCUT2D eigenvalue weighted by Gasteiger charge is -2.52. The van der Waals surface area contributed by atoms with Gasteiger partial charge in [-0.2, -0.15) is 0 Å². The van der Waals surface area contributed by atoms with Gasteiger partial charge in [0.2, 0.25) is 5.91 Å². The van der Waals surface area contributed by atoms with Gasteiger partial charge in [0.25, 0.3) is 0 Å². The summed E-state index contributed by atoms with van der Waals surface area (Å²) >= 11 is 0. The molecule has 11 heteroatoms. The van der Waals surface area contributed by atoms with Crippen molar-refractivity contribution in [2.75, 3.05) is 35.3 Å². The van der Waals surface area contributed by atoms with Gasteiger partial charge in [-0.1, -0.05) is 12.1 Å². The van der Waals surface area contributed by atoms with E-state index >= 15 is 0 Å². The normalized spacial score (nSPS) is 28.9. The van der Waals surface area contributed by atoms with Crippen LogP contribution in [0.5, 0.6) is 11.5 Å². The molecule has 0 radical (unpaired) electrons. The van der Waals surface area contributed by atoms with Crippen molar-refractivity contribution in [1.82, 2.24) is 9.80 Å². The molecule has 3 aliphatic carbocycles. The molecule has 2 aromatic rings. The number of rotatable bonds is 6. The third kappa shape index (κ3) is 4.26. The van der Waals surface area contributed by atoms with Crippen molar-refractivity contribution in [3.05, 3.63) is 47.0 Å². The molecule has 2 aromatic carbocycles. The van der Waals surface area contributed by atoms with E-state index < -0.39 is 64.4 Å². The minimum Gasteiger partial charge on any atom is -0.507 e. The molecule has 0 saturated heterocycles. The van der Waals surface area contributed by atoms with Crippen molar-refractivity contribution >= 4 is 29.0 Å². The summed E-state index contributed by atoms with van der Waals surface area (Å²) in [5.41, 5.74) is 5.53. The second kappa shape index (κ2) is 10.4. The number of nitrogens with two attached hydrogens (primary N) is 1. The number of nitrogens with zero attached hydrogens (tertiary/aromatic N) is 2. The fourth-order valence-corrected chi connectivity index (χ4v) is 7.29. The van der Waals surface area contributed by atoms with Crippen LogP contribution < -0.4 is 10.5 Å². The number of fused-ring (bicyclic) bond motifs is 3. The summed E-state index contributed by atoms with van der Waals surface area (Å²) in [7, 11) is 8.56. The number of aliphatic hydroxyl groups is 1. The van der Waals surface area contributed by atoms with Crippen LogP contribution in [0, 0.1) is 23.7 Å². The Balaban J connectivity index is 1.64. The molecular weight excluding hydrogens is 542 g/mol. The highest BCUT2D eigenvalue weighted by Crippen LogP contribution is 2.51. The van der Waals surface area contributed by atoms with Gasteiger partial charge >= 0.3 is 0 Å². The molecule has 0 bridgehead atoms. The highest BCUT2D eigenvalue weighted by Gasteiger charge is 2.69. The number of likely N-dealkylation sites (N-methyl/N-ethyl adjacent to an activating group) is 1. The first-order valence-corrected chi connectivity index (χ1v) is 13.8. The van der Waals surface area contributed by atoms with Gasteiger partial charge in [0, 0.05) is 18.0 Å². The highest BCUT2D eigenvalue weighted by atomic mass is 16.5. The van der Waals surface area contributed by atoms with E-state index in [1.165, 1.54) is 11.0 Å². The Labute approximate surface area is 243 Å². The van der Waals surface area contributed by atoms with Gasteiger partial charge in [-0.3, -0.25) is 28.9 Å². The first-order valence-electron chi connectivity index (χ1n) is 13.8. The Morgan fingerprint density at radius 3 is 2.36 bits per heavy atom. The van der Waals surface area contributed by atoms with E-state index in [9.17, 15) is 34.2 Å². The van der Waals surface area contributed by atoms with E-state index in [2.05, 4.69) is 0 Å². The van der Waals surface area contributed by atoms with Gasteiger partial charge in [-0.05, 0) is 81.8 Å². The number of hydrogen-bond donors (Lipinski definition) is 3. The number of aromatic hydroxyl groups is 1. The Hall–Kier alpha value is -3.93. The lowest BCUT2D eigenvalue weighted by atomic mass is 9.52. The number of primary amides is 1. The third-order valence-corrected chi connectivity index (χ3v) is 9.02. The number of carbonyl (C=O) groups excluding carboxylic acids is 5. The highest BCUT2D eigenvalue weighted by molar-refractivity contribution is 6.32. The van der Waals surface area contributed by atoms with Crippen LogP contribution in [0.25, 0.3) is 11.1 Å². The monoisotopic (exact) mass is 577 g/mol. The first kappa shape index (κ1) is 29.6. The van der Waals surface area contributed by atoms with Gasteiger partial charge in [-0.15, -0.1) is 0 Å². The van der Waals surface area contributed by atoms with Gasteiger partial charge < -0.3 is 25.6 Å². The molecule has 222 valence electrons. The molecule has 6 atom stereocenters. The molecule has 6 unspecified atom stereocenters. The van der Waals surface area contributed by atoms with Crippen LogP contribution in [0.15, 0.2) is 30.3 Å². The van der Waals surface area contributed by atoms with Gasteiger partial charge in [0.1, 0.15) is 11.5 Å². The Bertz CT molecular complexity index is 1530. The molecule has 0 aliphatic heterocycles. The predicted octanol–water partition coefficient (Wildman–Crippen LogP) is 0.604. The first-order chi connectivity index (χ1) is 19.7. The van der Waals surface area contributed by atoms with Gasteiger partial charge in [0.15, 0.2) is 34.7 Å². The molecule has 0 aromatic heterocycles. The van der Waals surface area contributed by atoms with Crippen LogP contribution in [0.1, 0.15) is 27.9 Å². The minimum absolute atomic E-state index is 0.00646. The van der Waals surface area contributed by atoms with Crippen LogP contribution >= 0.6 is 0 Å². The van der Waals surface area contributed by atoms with Crippen molar-refractivity contribution in [3.8, 4) is 22.6 Å². The van der Waals surface area contributed by atoms with Crippen LogP contribution in [0.3, 0.4) is 0 Å². The maximum Gasteiger partial charge on any atom is 0.235 e. The number of benzene rings is 2. The third-order valence-electron chi connectivity index (χ3n) is 9.02. The average molecular weight is 578 g/mol. The molecule has 0 heterocycles. The fourth-order valence-electron chi connectivity index (χ4n) is 7.29. The van der Waals surface area contributed by atoms with Gasteiger partial charge in [-0.25, -0.2) is 0 Å². The number of amides is 1. The Morgan fingerprint density at radius 2 is 1.76 bits per heavy atom. The second-order valence-electron chi connectivity index (χ2n) is 12.0. The summed E-state index contributed by atoms with van der Waals surface area (Å²) in [6, 6.07) is 7.61. The number of Topliss-reactive ketones (excluding diaryl/α,β-unsaturated/α-hetero) is 4. The molecule has 4 N–H and O–H groups in total. The summed E-state index contributed by atoms with van der Waals surface area (Å²) in [4.78, 5) is 70.3. The van der Waals surface area contributed by atoms with Crippen LogP contribution in [-0.4, -0.2) is 96.0 Å². The summed E-state index contributed by atoms with van der Waals surface area (Å²) in [6.07, 6.45) is 0.179. The molecule has 0 spiro atoms. The molecule has 42 heavy (non-hydrogen) atoms. The second-order valence-corrected chi connectivity index (χ2v) is 12.0. The van der Waals surface area contributed by atoms with Crippen molar-refractivity contribution in [2.45, 2.75) is 31.0 Å². The number of ether oxygens (including phenoxy) is 1. The number of carbonyl (C=O) groups is 5. The van der Waals surface area contributed by atoms with E-state index in [0.29, 0.717) is 23.4 Å². The van der Waals surface area contributed by atoms with Gasteiger partial charge in [0.05, 0.1) is 24.6 Å². The largest absolute Gasteiger partial charge is 0.507 e. The zero-order valence-corrected chi connectivity index (χ0v) is 24.2. The number of methoxy groups -OCH3 is 1. The summed E-state index contributed by atoms with van der Waals surface area (Å²) in [5, 5.41) is 22.6. The van der Waals surface area contributed by atoms with Crippen molar-refractivity contribution in [1.29, 1.82) is 0 Å². The predicted molar refractivity (Wildman–Crippen MR) is 151 cm³/mol. The van der Waals surface area contributed by atoms with Crippen LogP contribution in [0.2, 0.25) is 0 Å². The standard InChI is InChI=1S/C31H35N3O8/c1-33(2)13-16-10-14(6-9-21(16)42-5)17-7-8-20(35)23-18(17)11-15-12-19-25(34(3)4)27(37)24(30(32)40)29(39)31(19,41)28(38)22(15)26(23)36/h6-10,15,19,22,24-25,35,41H,11-13H2,1-5H3,(H2,32,40). The number of ketones is 4. The average Bonchev–Trinajstić information content (AvgIpc) is 2.90. The lowest BCUT2D eigenvalue weighted by Crippen LogP contribution is -2.74. The number of hydrogen-bond acceptors (Lipinski definition) is 10. The topological polar surface area (TPSA) is 168 Å². The molecule has 2 saturated carbocycles. The number of phenolic OH excluding ortho intramolecular Hbond substituents is 1. The van der Waals surface area contributed by atoms with E-state index in [-0.39, 0.29) is 24.2 Å². The van der Waals surface area contributed by atoms with Crippen LogP contribution in [0.4, 0.5) is 0 Å². The van der Waals surface area contributed by atoms with Crippen molar-refractivity contribution in [2.24, 2.45) is 29.4 Å². The summed E-state index contributed by atoms with van der Waals surface area (Å²) in [5.74, 6) is -9.97. The zero-order valence-electron chi connectivity index (χ0n) is 24.2. The summed E-state index contributed by atoms with van der Waals surface area (Å²) in [6.45, 7) is 0.593. The smallest absolute Gasteiger partial charge is 0.235 e. The zero-order chi connectivity index (χ0) is 30.8. The van der Waals surface area contributed by atoms with Crippen molar-refractivity contribution in [3.63, 3.8) is 0 Å². The molecular formula is C31H35N3O8.